The predicted octanol–water partition coefficient (Wildman–Crippen LogP) is 1.71. The Hall–Kier alpha value is -0.650. The number of hydrogen-bond acceptors (Lipinski definition) is 5. The highest BCUT2D eigenvalue weighted by Crippen LogP contribution is 2.37. The fourth-order valence-electron chi connectivity index (χ4n) is 3.03. The highest BCUT2D eigenvalue weighted by Gasteiger charge is 2.35. The van der Waals surface area contributed by atoms with E-state index >= 15 is 0 Å². The van der Waals surface area contributed by atoms with Gasteiger partial charge in [0.15, 0.2) is 5.82 Å². The van der Waals surface area contributed by atoms with Crippen molar-refractivity contribution >= 4 is 12.4 Å². The molecule has 1 aromatic rings. The normalized spacial score (nSPS) is 24.8. The van der Waals surface area contributed by atoms with Crippen molar-refractivity contribution in [2.45, 2.75) is 51.2 Å². The molecule has 2 aliphatic rings. The van der Waals surface area contributed by atoms with Crippen LogP contribution in [0.2, 0.25) is 0 Å². The molecule has 0 spiro atoms. The Morgan fingerprint density at radius 3 is 2.72 bits per heavy atom. The van der Waals surface area contributed by atoms with E-state index in [1.165, 1.54) is 38.6 Å². The topological polar surface area (TPSA) is 68.2 Å². The Morgan fingerprint density at radius 2 is 2.11 bits per heavy atom. The second kappa shape index (κ2) is 5.99. The molecular weight excluding hydrogens is 252 g/mol. The van der Waals surface area contributed by atoms with Gasteiger partial charge >= 0.3 is 0 Å². The summed E-state index contributed by atoms with van der Waals surface area (Å²) >= 11 is 0. The number of likely N-dealkylation sites (tertiary alicyclic amines) is 1. The third kappa shape index (κ3) is 2.68. The highest BCUT2D eigenvalue weighted by molar-refractivity contribution is 5.85. The van der Waals surface area contributed by atoms with Gasteiger partial charge in [-0.05, 0) is 38.1 Å². The quantitative estimate of drug-likeness (QED) is 0.904. The molecule has 18 heavy (non-hydrogen) atoms. The molecule has 1 aromatic heterocycles. The third-order valence-corrected chi connectivity index (χ3v) is 4.14. The fourth-order valence-corrected chi connectivity index (χ4v) is 3.03. The molecule has 102 valence electrons. The summed E-state index contributed by atoms with van der Waals surface area (Å²) in [5, 5.41) is 3.98. The molecule has 0 bridgehead atoms. The van der Waals surface area contributed by atoms with Crippen molar-refractivity contribution in [3.8, 4) is 0 Å². The first-order valence-electron chi connectivity index (χ1n) is 6.62. The van der Waals surface area contributed by atoms with Crippen LogP contribution < -0.4 is 5.73 Å². The van der Waals surface area contributed by atoms with Crippen LogP contribution >= 0.6 is 12.4 Å². The van der Waals surface area contributed by atoms with Gasteiger partial charge in [-0.15, -0.1) is 12.4 Å². The van der Waals surface area contributed by atoms with E-state index in [-0.39, 0.29) is 12.4 Å². The number of aromatic nitrogens is 2. The molecule has 2 heterocycles. The van der Waals surface area contributed by atoms with Gasteiger partial charge in [-0.25, -0.2) is 0 Å². The highest BCUT2D eigenvalue weighted by atomic mass is 35.5. The van der Waals surface area contributed by atoms with Crippen LogP contribution in [0, 0.1) is 5.92 Å². The van der Waals surface area contributed by atoms with Crippen LogP contribution in [0.25, 0.3) is 0 Å². The van der Waals surface area contributed by atoms with Crippen LogP contribution in [-0.2, 0) is 13.1 Å². The molecule has 1 aliphatic carbocycles. The number of hydrogen-bond donors (Lipinski definition) is 1. The van der Waals surface area contributed by atoms with Crippen LogP contribution in [0.15, 0.2) is 4.52 Å². The Balaban J connectivity index is 0.00000120. The maximum Gasteiger partial charge on any atom is 0.240 e. The van der Waals surface area contributed by atoms with Gasteiger partial charge in [0.25, 0.3) is 0 Å². The van der Waals surface area contributed by atoms with Crippen LogP contribution in [0.5, 0.6) is 0 Å². The SMILES string of the molecule is Cl.NCc1nc(CN2CCCC2C2CCC2)no1. The summed E-state index contributed by atoms with van der Waals surface area (Å²) in [5.74, 6) is 2.24. The largest absolute Gasteiger partial charge is 0.338 e. The van der Waals surface area contributed by atoms with Crippen molar-refractivity contribution in [3.05, 3.63) is 11.7 Å². The zero-order valence-electron chi connectivity index (χ0n) is 10.5. The van der Waals surface area contributed by atoms with E-state index in [0.717, 1.165) is 24.3 Å². The summed E-state index contributed by atoms with van der Waals surface area (Å²) < 4.78 is 5.05. The van der Waals surface area contributed by atoms with Gasteiger partial charge in [-0.1, -0.05) is 11.6 Å². The van der Waals surface area contributed by atoms with Gasteiger partial charge in [0.1, 0.15) is 0 Å². The lowest BCUT2D eigenvalue weighted by Gasteiger charge is -2.36. The average Bonchev–Trinajstić information content (AvgIpc) is 2.87. The molecule has 0 amide bonds. The van der Waals surface area contributed by atoms with Crippen LogP contribution in [0.1, 0.15) is 43.8 Å². The Kier molecular flexibility index (Phi) is 4.59. The molecular formula is C12H21ClN4O. The van der Waals surface area contributed by atoms with Crippen LogP contribution in [-0.4, -0.2) is 27.6 Å². The minimum absolute atomic E-state index is 0. The van der Waals surface area contributed by atoms with Crippen molar-refractivity contribution in [1.82, 2.24) is 15.0 Å². The first-order valence-corrected chi connectivity index (χ1v) is 6.62. The summed E-state index contributed by atoms with van der Waals surface area (Å²) in [4.78, 5) is 6.81. The molecule has 1 saturated carbocycles. The maximum atomic E-state index is 5.47. The second-order valence-electron chi connectivity index (χ2n) is 5.18. The van der Waals surface area contributed by atoms with E-state index in [0.29, 0.717) is 12.4 Å². The van der Waals surface area contributed by atoms with Crippen molar-refractivity contribution in [1.29, 1.82) is 0 Å². The second-order valence-corrected chi connectivity index (χ2v) is 5.18. The molecule has 1 saturated heterocycles. The molecule has 1 aliphatic heterocycles. The van der Waals surface area contributed by atoms with E-state index < -0.39 is 0 Å². The number of nitrogens with zero attached hydrogens (tertiary/aromatic N) is 3. The van der Waals surface area contributed by atoms with Gasteiger partial charge < -0.3 is 10.3 Å². The van der Waals surface area contributed by atoms with E-state index in [4.69, 9.17) is 10.3 Å². The third-order valence-electron chi connectivity index (χ3n) is 4.14. The summed E-state index contributed by atoms with van der Waals surface area (Å²) in [6.45, 7) is 2.33. The molecule has 1 atom stereocenters. The van der Waals surface area contributed by atoms with E-state index in [1.54, 1.807) is 0 Å². The molecule has 3 rings (SSSR count). The monoisotopic (exact) mass is 272 g/mol. The van der Waals surface area contributed by atoms with Gasteiger partial charge in [-0.2, -0.15) is 4.98 Å². The fraction of sp³-hybridized carbons (Fsp3) is 0.833. The lowest BCUT2D eigenvalue weighted by atomic mass is 9.79. The molecule has 2 fully saturated rings. The van der Waals surface area contributed by atoms with Gasteiger partial charge in [0, 0.05) is 6.04 Å². The Morgan fingerprint density at radius 1 is 1.28 bits per heavy atom. The predicted molar refractivity (Wildman–Crippen MR) is 70.2 cm³/mol. The molecule has 2 N–H and O–H groups in total. The summed E-state index contributed by atoms with van der Waals surface area (Å²) in [6.07, 6.45) is 6.87. The average molecular weight is 273 g/mol. The first-order chi connectivity index (χ1) is 8.36. The summed E-state index contributed by atoms with van der Waals surface area (Å²) in [5.41, 5.74) is 5.47. The van der Waals surface area contributed by atoms with E-state index in [9.17, 15) is 0 Å². The van der Waals surface area contributed by atoms with Crippen molar-refractivity contribution in [3.63, 3.8) is 0 Å². The van der Waals surface area contributed by atoms with Crippen LogP contribution in [0.4, 0.5) is 0 Å². The number of rotatable bonds is 4. The van der Waals surface area contributed by atoms with Gasteiger partial charge in [0.05, 0.1) is 13.1 Å². The van der Waals surface area contributed by atoms with Crippen molar-refractivity contribution in [2.24, 2.45) is 11.7 Å². The van der Waals surface area contributed by atoms with Crippen molar-refractivity contribution in [2.75, 3.05) is 6.54 Å². The molecule has 0 aromatic carbocycles. The lowest BCUT2D eigenvalue weighted by molar-refractivity contribution is 0.123. The van der Waals surface area contributed by atoms with E-state index in [2.05, 4.69) is 15.0 Å². The first kappa shape index (κ1) is 13.8. The molecule has 0 radical (unpaired) electrons. The van der Waals surface area contributed by atoms with Gasteiger partial charge in [0.2, 0.25) is 5.89 Å². The van der Waals surface area contributed by atoms with Gasteiger partial charge in [-0.3, -0.25) is 4.90 Å². The number of nitrogens with two attached hydrogens (primary N) is 1. The summed E-state index contributed by atoms with van der Waals surface area (Å²) in [7, 11) is 0. The molecule has 6 heteroatoms. The van der Waals surface area contributed by atoms with Crippen LogP contribution in [0.3, 0.4) is 0 Å². The lowest BCUT2D eigenvalue weighted by Crippen LogP contribution is -2.38. The Labute approximate surface area is 114 Å². The smallest absolute Gasteiger partial charge is 0.240 e. The molecule has 5 nitrogen and oxygen atoms in total. The summed E-state index contributed by atoms with van der Waals surface area (Å²) in [6, 6.07) is 0.753. The van der Waals surface area contributed by atoms with Crippen molar-refractivity contribution < 1.29 is 4.52 Å². The Bertz CT molecular complexity index is 380. The maximum absolute atomic E-state index is 5.47. The zero-order chi connectivity index (χ0) is 11.7. The standard InChI is InChI=1S/C12H20N4O.ClH/c13-7-12-14-11(15-17-12)8-16-6-2-5-10(16)9-3-1-4-9;/h9-10H,1-8,13H2;1H. The molecule has 1 unspecified atom stereocenters. The minimum atomic E-state index is 0. The van der Waals surface area contributed by atoms with E-state index in [1.807, 2.05) is 0 Å². The number of halogens is 1. The zero-order valence-corrected chi connectivity index (χ0v) is 11.4. The minimum Gasteiger partial charge on any atom is -0.338 e.